The van der Waals surface area contributed by atoms with E-state index in [-0.39, 0.29) is 17.4 Å². The third kappa shape index (κ3) is 4.39. The van der Waals surface area contributed by atoms with Crippen LogP contribution in [0.4, 0.5) is 0 Å². The van der Waals surface area contributed by atoms with Gasteiger partial charge in [0.25, 0.3) is 0 Å². The lowest BCUT2D eigenvalue weighted by atomic mass is 9.79. The molecular weight excluding hydrogens is 328 g/mol. The number of aryl methyl sites for hydroxylation is 1. The zero-order valence-corrected chi connectivity index (χ0v) is 17.3. The maximum Gasteiger partial charge on any atom is 0.0856 e. The molecule has 1 N–H and O–H groups in total. The fourth-order valence-corrected chi connectivity index (χ4v) is 4.34. The van der Waals surface area contributed by atoms with Crippen LogP contribution in [0.25, 0.3) is 0 Å². The number of rotatable bonds is 3. The Hall–Kier alpha value is -1.45. The van der Waals surface area contributed by atoms with Crippen molar-refractivity contribution < 1.29 is 9.32 Å². The second-order valence-corrected chi connectivity index (χ2v) is 10.2. The summed E-state index contributed by atoms with van der Waals surface area (Å²) in [6.45, 7) is 14.8. The van der Waals surface area contributed by atoms with E-state index in [2.05, 4.69) is 47.6 Å². The number of aliphatic hydroxyl groups excluding tert-OH is 1. The van der Waals surface area contributed by atoms with Crippen molar-refractivity contribution in [3.63, 3.8) is 0 Å². The topological polar surface area (TPSA) is 37.3 Å². The molecule has 25 heavy (non-hydrogen) atoms. The van der Waals surface area contributed by atoms with Gasteiger partial charge in [0, 0.05) is 4.90 Å². The molecule has 0 spiro atoms. The summed E-state index contributed by atoms with van der Waals surface area (Å²) in [5.41, 5.74) is 3.90. The van der Waals surface area contributed by atoms with Gasteiger partial charge in [0.2, 0.25) is 0 Å². The van der Waals surface area contributed by atoms with Crippen molar-refractivity contribution in [2.75, 3.05) is 0 Å². The molecule has 2 nitrogen and oxygen atoms in total. The molecule has 0 aliphatic carbocycles. The summed E-state index contributed by atoms with van der Waals surface area (Å²) in [6.07, 6.45) is 0. The van der Waals surface area contributed by atoms with Crippen LogP contribution in [0.15, 0.2) is 46.2 Å². The summed E-state index contributed by atoms with van der Waals surface area (Å²) >= 11 is 0. The molecule has 0 saturated carbocycles. The van der Waals surface area contributed by atoms with Crippen LogP contribution >= 0.6 is 0 Å². The molecule has 0 bridgehead atoms. The molecule has 0 saturated heterocycles. The van der Waals surface area contributed by atoms with Gasteiger partial charge in [-0.25, -0.2) is 4.21 Å². The normalized spacial score (nSPS) is 13.8. The molecule has 0 radical (unpaired) electrons. The number of benzene rings is 2. The van der Waals surface area contributed by atoms with Gasteiger partial charge in [-0.1, -0.05) is 71.4 Å². The highest BCUT2D eigenvalue weighted by Gasteiger charge is 2.27. The molecule has 2 rings (SSSR count). The maximum absolute atomic E-state index is 13.4. The summed E-state index contributed by atoms with van der Waals surface area (Å²) in [7, 11) is -1.32. The minimum atomic E-state index is -1.32. The van der Waals surface area contributed by atoms with E-state index < -0.39 is 10.8 Å². The second-order valence-electron chi connectivity index (χ2n) is 8.75. The monoisotopic (exact) mass is 358 g/mol. The van der Waals surface area contributed by atoms with Gasteiger partial charge in [0.1, 0.15) is 0 Å². The molecule has 0 fully saturated rings. The Balaban J connectivity index is 2.74. The van der Waals surface area contributed by atoms with E-state index in [4.69, 9.17) is 0 Å². The van der Waals surface area contributed by atoms with Gasteiger partial charge in [0.05, 0.1) is 22.3 Å². The molecule has 1 atom stereocenters. The van der Waals surface area contributed by atoms with Gasteiger partial charge in [-0.05, 0) is 46.6 Å². The van der Waals surface area contributed by atoms with Crippen molar-refractivity contribution >= 4 is 10.8 Å². The first-order valence-corrected chi connectivity index (χ1v) is 9.87. The van der Waals surface area contributed by atoms with E-state index in [1.165, 1.54) is 0 Å². The number of aliphatic hydroxyl groups is 1. The fourth-order valence-electron chi connectivity index (χ4n) is 2.80. The summed E-state index contributed by atoms with van der Waals surface area (Å²) in [5.74, 6) is 0. The highest BCUT2D eigenvalue weighted by molar-refractivity contribution is 7.85. The van der Waals surface area contributed by atoms with E-state index in [0.29, 0.717) is 0 Å². The van der Waals surface area contributed by atoms with Crippen molar-refractivity contribution in [3.8, 4) is 0 Å². The second kappa shape index (κ2) is 7.05. The van der Waals surface area contributed by atoms with Crippen molar-refractivity contribution in [1.29, 1.82) is 0 Å². The third-order valence-corrected chi connectivity index (χ3v) is 5.98. The van der Waals surface area contributed by atoms with Crippen LogP contribution in [0.2, 0.25) is 0 Å². The SMILES string of the molecule is Cc1ccc(S(=O)c2c(CO)cc(C(C)(C)C)cc2C(C)(C)C)cc1. The van der Waals surface area contributed by atoms with Crippen molar-refractivity contribution in [2.45, 2.75) is 75.7 Å². The quantitative estimate of drug-likeness (QED) is 0.814. The van der Waals surface area contributed by atoms with E-state index in [9.17, 15) is 9.32 Å². The lowest BCUT2D eigenvalue weighted by Gasteiger charge is -2.29. The highest BCUT2D eigenvalue weighted by Crippen LogP contribution is 2.37. The van der Waals surface area contributed by atoms with E-state index in [1.54, 1.807) is 0 Å². The van der Waals surface area contributed by atoms with E-state index >= 15 is 0 Å². The molecule has 0 aliphatic heterocycles. The Labute approximate surface area is 154 Å². The van der Waals surface area contributed by atoms with Gasteiger partial charge in [0.15, 0.2) is 0 Å². The zero-order chi connectivity index (χ0) is 19.0. The molecule has 136 valence electrons. The minimum absolute atomic E-state index is 0.0339. The summed E-state index contributed by atoms with van der Waals surface area (Å²) in [4.78, 5) is 1.53. The third-order valence-electron chi connectivity index (χ3n) is 4.43. The van der Waals surface area contributed by atoms with E-state index in [0.717, 1.165) is 32.0 Å². The number of hydrogen-bond acceptors (Lipinski definition) is 2. The van der Waals surface area contributed by atoms with Crippen molar-refractivity contribution in [2.24, 2.45) is 0 Å². The summed E-state index contributed by atoms with van der Waals surface area (Å²) in [5, 5.41) is 10.0. The lowest BCUT2D eigenvalue weighted by molar-refractivity contribution is 0.277. The Morgan fingerprint density at radius 3 is 1.92 bits per heavy atom. The predicted molar refractivity (Wildman–Crippen MR) is 106 cm³/mol. The molecular formula is C22H30O2S. The standard InChI is InChI=1S/C22H30O2S/c1-15-8-10-18(11-9-15)25(24)20-16(14-23)12-17(21(2,3)4)13-19(20)22(5,6)7/h8-13,23H,14H2,1-7H3. The van der Waals surface area contributed by atoms with Crippen LogP contribution in [-0.2, 0) is 28.2 Å². The molecule has 1 unspecified atom stereocenters. The van der Waals surface area contributed by atoms with Crippen LogP contribution < -0.4 is 0 Å². The Bertz CT molecular complexity index is 775. The van der Waals surface area contributed by atoms with Crippen LogP contribution in [0.1, 0.15) is 63.8 Å². The zero-order valence-electron chi connectivity index (χ0n) is 16.4. The average molecular weight is 359 g/mol. The first kappa shape index (κ1) is 19.9. The summed E-state index contributed by atoms with van der Waals surface area (Å²) in [6, 6.07) is 12.0. The first-order valence-electron chi connectivity index (χ1n) is 8.72. The average Bonchev–Trinajstić information content (AvgIpc) is 2.51. The maximum atomic E-state index is 13.4. The van der Waals surface area contributed by atoms with Gasteiger partial charge in [-0.2, -0.15) is 0 Å². The van der Waals surface area contributed by atoms with Gasteiger partial charge >= 0.3 is 0 Å². The van der Waals surface area contributed by atoms with Gasteiger partial charge in [-0.3, -0.25) is 0 Å². The van der Waals surface area contributed by atoms with Crippen LogP contribution in [-0.4, -0.2) is 9.32 Å². The minimum Gasteiger partial charge on any atom is -0.392 e. The molecule has 2 aromatic carbocycles. The van der Waals surface area contributed by atoms with Crippen LogP contribution in [0.3, 0.4) is 0 Å². The Morgan fingerprint density at radius 1 is 0.920 bits per heavy atom. The first-order chi connectivity index (χ1) is 11.4. The van der Waals surface area contributed by atoms with Crippen LogP contribution in [0, 0.1) is 6.92 Å². The van der Waals surface area contributed by atoms with Gasteiger partial charge < -0.3 is 5.11 Å². The lowest BCUT2D eigenvalue weighted by Crippen LogP contribution is -2.20. The van der Waals surface area contributed by atoms with Crippen molar-refractivity contribution in [3.05, 3.63) is 58.7 Å². The molecule has 0 aromatic heterocycles. The fraction of sp³-hybridized carbons (Fsp3) is 0.455. The van der Waals surface area contributed by atoms with Crippen molar-refractivity contribution in [1.82, 2.24) is 0 Å². The molecule has 3 heteroatoms. The largest absolute Gasteiger partial charge is 0.392 e. The highest BCUT2D eigenvalue weighted by atomic mass is 32.2. The van der Waals surface area contributed by atoms with Crippen LogP contribution in [0.5, 0.6) is 0 Å². The summed E-state index contributed by atoms with van der Waals surface area (Å²) < 4.78 is 13.4. The van der Waals surface area contributed by atoms with Gasteiger partial charge in [-0.15, -0.1) is 0 Å². The molecule has 0 aliphatic rings. The smallest absolute Gasteiger partial charge is 0.0856 e. The molecule has 0 heterocycles. The predicted octanol–water partition coefficient (Wildman–Crippen LogP) is 5.25. The molecule has 2 aromatic rings. The Morgan fingerprint density at radius 2 is 1.48 bits per heavy atom. The van der Waals surface area contributed by atoms with E-state index in [1.807, 2.05) is 37.3 Å². The number of hydrogen-bond donors (Lipinski definition) is 1. The Kier molecular flexibility index (Phi) is 5.60. The molecule has 0 amide bonds.